The first-order valence-electron chi connectivity index (χ1n) is 8.17. The number of primary amides is 1. The van der Waals surface area contributed by atoms with Crippen LogP contribution in [-0.2, 0) is 4.79 Å². The van der Waals surface area contributed by atoms with Crippen LogP contribution >= 0.6 is 24.0 Å². The van der Waals surface area contributed by atoms with Crippen LogP contribution in [0.2, 0.25) is 0 Å². The van der Waals surface area contributed by atoms with Crippen LogP contribution in [0.1, 0.15) is 27.2 Å². The Morgan fingerprint density at radius 3 is 2.60 bits per heavy atom. The fraction of sp³-hybridized carbons (Fsp3) is 0.529. The molecule has 0 fully saturated rings. The Morgan fingerprint density at radius 1 is 1.28 bits per heavy atom. The molecule has 1 aromatic rings. The number of guanidine groups is 1. The maximum atomic E-state index is 11.4. The van der Waals surface area contributed by atoms with Gasteiger partial charge in [0.05, 0.1) is 25.2 Å². The van der Waals surface area contributed by atoms with Crippen molar-refractivity contribution in [2.75, 3.05) is 31.6 Å². The number of benzene rings is 1. The molecule has 1 heterocycles. The monoisotopic (exact) mass is 462 g/mol. The number of ether oxygens (including phenoxy) is 2. The summed E-state index contributed by atoms with van der Waals surface area (Å²) in [7, 11) is 0. The lowest BCUT2D eigenvalue weighted by Crippen LogP contribution is -2.37. The van der Waals surface area contributed by atoms with Gasteiger partial charge in [-0.2, -0.15) is 0 Å². The second kappa shape index (κ2) is 9.69. The van der Waals surface area contributed by atoms with E-state index in [1.807, 2.05) is 25.1 Å². The maximum Gasteiger partial charge on any atom is 0.224 e. The predicted molar refractivity (Wildman–Crippen MR) is 110 cm³/mol. The van der Waals surface area contributed by atoms with Crippen LogP contribution in [-0.4, -0.2) is 38.2 Å². The highest BCUT2D eigenvalue weighted by Gasteiger charge is 2.24. The second-order valence-corrected chi connectivity index (χ2v) is 6.28. The number of nitrogens with two attached hydrogens (primary N) is 1. The van der Waals surface area contributed by atoms with Crippen LogP contribution in [0.5, 0.6) is 11.5 Å². The summed E-state index contributed by atoms with van der Waals surface area (Å²) >= 11 is 0. The number of hydrogen-bond acceptors (Lipinski definition) is 4. The third-order valence-electron chi connectivity index (χ3n) is 3.65. The molecular formula is C17H27IN4O3. The van der Waals surface area contributed by atoms with Crippen molar-refractivity contribution >= 4 is 41.5 Å². The van der Waals surface area contributed by atoms with E-state index in [9.17, 15) is 4.79 Å². The quantitative estimate of drug-likeness (QED) is 0.355. The molecule has 0 atom stereocenters. The number of hydrogen-bond donors (Lipinski definition) is 3. The Labute approximate surface area is 165 Å². The fourth-order valence-corrected chi connectivity index (χ4v) is 2.04. The molecule has 0 unspecified atom stereocenters. The lowest BCUT2D eigenvalue weighted by molar-refractivity contribution is -0.125. The van der Waals surface area contributed by atoms with Crippen molar-refractivity contribution in [3.63, 3.8) is 0 Å². The number of nitrogens with zero attached hydrogens (tertiary/aromatic N) is 1. The van der Waals surface area contributed by atoms with Crippen LogP contribution in [0.3, 0.4) is 0 Å². The average Bonchev–Trinajstić information content (AvgIpc) is 2.77. The number of carbonyl (C=O) groups excluding carboxylic acids is 1. The summed E-state index contributed by atoms with van der Waals surface area (Å²) in [5.41, 5.74) is 5.52. The molecule has 0 saturated carbocycles. The van der Waals surface area contributed by atoms with E-state index in [2.05, 4.69) is 15.6 Å². The summed E-state index contributed by atoms with van der Waals surface area (Å²) in [5.74, 6) is 1.67. The molecule has 140 valence electrons. The molecule has 1 aromatic carbocycles. The van der Waals surface area contributed by atoms with Gasteiger partial charge < -0.3 is 25.8 Å². The van der Waals surface area contributed by atoms with Gasteiger partial charge >= 0.3 is 0 Å². The van der Waals surface area contributed by atoms with Crippen LogP contribution < -0.4 is 25.8 Å². The standard InChI is InChI=1S/C17H26N4O3.HI/c1-4-19-16(20-11-17(2,3)15(18)22)21-12-6-7-13-14(10-12)24-9-5-8-23-13;/h6-7,10H,4-5,8-9,11H2,1-3H3,(H2,18,22)(H2,19,20,21);1H. The smallest absolute Gasteiger partial charge is 0.224 e. The van der Waals surface area contributed by atoms with Gasteiger partial charge in [0.15, 0.2) is 17.5 Å². The molecule has 1 amide bonds. The van der Waals surface area contributed by atoms with Crippen LogP contribution in [0.15, 0.2) is 23.2 Å². The van der Waals surface area contributed by atoms with Crippen molar-refractivity contribution in [3.8, 4) is 11.5 Å². The minimum atomic E-state index is -0.701. The topological polar surface area (TPSA) is 98.0 Å². The number of aliphatic imine (C=N–C) groups is 1. The molecule has 1 aliphatic heterocycles. The first kappa shape index (κ1) is 21.3. The molecule has 0 aliphatic carbocycles. The van der Waals surface area contributed by atoms with E-state index in [0.717, 1.165) is 17.9 Å². The summed E-state index contributed by atoms with van der Waals surface area (Å²) < 4.78 is 11.3. The Kier molecular flexibility index (Phi) is 8.27. The number of fused-ring (bicyclic) bond motifs is 1. The van der Waals surface area contributed by atoms with E-state index >= 15 is 0 Å². The normalized spacial score (nSPS) is 14.1. The molecule has 0 radical (unpaired) electrons. The van der Waals surface area contributed by atoms with Gasteiger partial charge in [-0.3, -0.25) is 9.79 Å². The van der Waals surface area contributed by atoms with Gasteiger partial charge in [-0.25, -0.2) is 0 Å². The average molecular weight is 462 g/mol. The molecule has 0 bridgehead atoms. The molecule has 0 spiro atoms. The summed E-state index contributed by atoms with van der Waals surface area (Å²) in [5, 5.41) is 6.36. The van der Waals surface area contributed by atoms with Gasteiger partial charge in [0.1, 0.15) is 0 Å². The number of amides is 1. The minimum absolute atomic E-state index is 0. The van der Waals surface area contributed by atoms with Gasteiger partial charge in [0.25, 0.3) is 0 Å². The SMILES string of the molecule is CCNC(=NCC(C)(C)C(N)=O)Nc1ccc2c(c1)OCCCO2.I. The largest absolute Gasteiger partial charge is 0.490 e. The van der Waals surface area contributed by atoms with Crippen LogP contribution in [0.25, 0.3) is 0 Å². The molecule has 0 aromatic heterocycles. The summed E-state index contributed by atoms with van der Waals surface area (Å²) in [6.07, 6.45) is 0.865. The lowest BCUT2D eigenvalue weighted by Gasteiger charge is -2.19. The summed E-state index contributed by atoms with van der Waals surface area (Å²) in [6, 6.07) is 5.66. The Bertz CT molecular complexity index is 620. The maximum absolute atomic E-state index is 11.4. The van der Waals surface area contributed by atoms with Crippen molar-refractivity contribution in [1.29, 1.82) is 0 Å². The van der Waals surface area contributed by atoms with E-state index < -0.39 is 5.41 Å². The van der Waals surface area contributed by atoms with Crippen molar-refractivity contribution in [2.45, 2.75) is 27.2 Å². The zero-order valence-electron chi connectivity index (χ0n) is 14.9. The highest BCUT2D eigenvalue weighted by Crippen LogP contribution is 2.32. The third kappa shape index (κ3) is 6.26. The third-order valence-corrected chi connectivity index (χ3v) is 3.65. The number of nitrogens with one attached hydrogen (secondary N) is 2. The van der Waals surface area contributed by atoms with Gasteiger partial charge in [-0.1, -0.05) is 0 Å². The van der Waals surface area contributed by atoms with Gasteiger partial charge in [-0.15, -0.1) is 24.0 Å². The number of halogens is 1. The molecule has 8 heteroatoms. The molecule has 7 nitrogen and oxygen atoms in total. The highest BCUT2D eigenvalue weighted by atomic mass is 127. The van der Waals surface area contributed by atoms with E-state index in [0.29, 0.717) is 38.0 Å². The van der Waals surface area contributed by atoms with Crippen molar-refractivity contribution in [3.05, 3.63) is 18.2 Å². The summed E-state index contributed by atoms with van der Waals surface area (Å²) in [6.45, 7) is 7.81. The van der Waals surface area contributed by atoms with E-state index in [1.54, 1.807) is 13.8 Å². The molecule has 1 aliphatic rings. The lowest BCUT2D eigenvalue weighted by atomic mass is 9.93. The number of anilines is 1. The molecule has 25 heavy (non-hydrogen) atoms. The van der Waals surface area contributed by atoms with Crippen LogP contribution in [0, 0.1) is 5.41 Å². The number of rotatable bonds is 5. The summed E-state index contributed by atoms with van der Waals surface area (Å²) in [4.78, 5) is 15.9. The Hall–Kier alpha value is -1.71. The molecule has 0 saturated heterocycles. The fourth-order valence-electron chi connectivity index (χ4n) is 2.04. The minimum Gasteiger partial charge on any atom is -0.490 e. The van der Waals surface area contributed by atoms with Crippen molar-refractivity contribution in [1.82, 2.24) is 5.32 Å². The second-order valence-electron chi connectivity index (χ2n) is 6.28. The van der Waals surface area contributed by atoms with Crippen molar-refractivity contribution in [2.24, 2.45) is 16.1 Å². The van der Waals surface area contributed by atoms with Gasteiger partial charge in [0, 0.05) is 24.7 Å². The highest BCUT2D eigenvalue weighted by molar-refractivity contribution is 14.0. The van der Waals surface area contributed by atoms with Crippen LogP contribution in [0.4, 0.5) is 5.69 Å². The van der Waals surface area contributed by atoms with E-state index in [-0.39, 0.29) is 29.9 Å². The Morgan fingerprint density at radius 2 is 1.96 bits per heavy atom. The molecule has 4 N–H and O–H groups in total. The van der Waals surface area contributed by atoms with Gasteiger partial charge in [0.2, 0.25) is 5.91 Å². The Balaban J connectivity index is 0.00000312. The van der Waals surface area contributed by atoms with Gasteiger partial charge in [-0.05, 0) is 32.9 Å². The van der Waals surface area contributed by atoms with Crippen molar-refractivity contribution < 1.29 is 14.3 Å². The molecule has 2 rings (SSSR count). The first-order chi connectivity index (χ1) is 11.4. The zero-order chi connectivity index (χ0) is 17.6. The van der Waals surface area contributed by atoms with E-state index in [4.69, 9.17) is 15.2 Å². The predicted octanol–water partition coefficient (Wildman–Crippen LogP) is 2.35. The first-order valence-corrected chi connectivity index (χ1v) is 8.17. The number of carbonyl (C=O) groups is 1. The zero-order valence-corrected chi connectivity index (χ0v) is 17.3. The molecular weight excluding hydrogens is 435 g/mol. The van der Waals surface area contributed by atoms with E-state index in [1.165, 1.54) is 0 Å².